The summed E-state index contributed by atoms with van der Waals surface area (Å²) in [5.74, 6) is 0.576. The molecule has 0 N–H and O–H groups in total. The van der Waals surface area contributed by atoms with Gasteiger partial charge in [-0.05, 0) is 28.9 Å². The van der Waals surface area contributed by atoms with E-state index >= 15 is 0 Å². The van der Waals surface area contributed by atoms with Crippen molar-refractivity contribution in [1.82, 2.24) is 0 Å². The molecule has 0 saturated heterocycles. The molecule has 0 aromatic heterocycles. The van der Waals surface area contributed by atoms with E-state index in [9.17, 15) is 0 Å². The van der Waals surface area contributed by atoms with Gasteiger partial charge in [-0.3, -0.25) is 0 Å². The molecule has 0 heterocycles. The van der Waals surface area contributed by atoms with Crippen LogP contribution in [0.15, 0.2) is 60.7 Å². The molecule has 0 aliphatic rings. The van der Waals surface area contributed by atoms with Crippen LogP contribution in [0.3, 0.4) is 0 Å². The van der Waals surface area contributed by atoms with Crippen LogP contribution in [0.2, 0.25) is 0 Å². The Balaban J connectivity index is 2.09. The summed E-state index contributed by atoms with van der Waals surface area (Å²) in [6, 6.07) is 22.2. The van der Waals surface area contributed by atoms with E-state index < -0.39 is 0 Å². The molecule has 2 aromatic carbocycles. The van der Waals surface area contributed by atoms with Gasteiger partial charge in [0.25, 0.3) is 0 Å². The maximum absolute atomic E-state index is 2.41. The number of unbranched alkanes of at least 4 members (excludes halogenated alkanes) is 5. The second-order valence-electron chi connectivity index (χ2n) is 7.61. The summed E-state index contributed by atoms with van der Waals surface area (Å²) in [6.07, 6.45) is 9.48. The topological polar surface area (TPSA) is 0 Å². The first-order chi connectivity index (χ1) is 11.7. The lowest BCUT2D eigenvalue weighted by atomic mass is 9.68. The molecule has 2 rings (SSSR count). The molecule has 0 fully saturated rings. The SMILES string of the molecule is CCCCCCCCC(c1ccccc1)C(C)(C)c1ccccc1. The van der Waals surface area contributed by atoms with Gasteiger partial charge in [-0.1, -0.05) is 120 Å². The van der Waals surface area contributed by atoms with Crippen LogP contribution in [0, 0.1) is 0 Å². The summed E-state index contributed by atoms with van der Waals surface area (Å²) in [4.78, 5) is 0. The summed E-state index contributed by atoms with van der Waals surface area (Å²) >= 11 is 0. The third-order valence-corrected chi connectivity index (χ3v) is 5.44. The molecule has 0 saturated carbocycles. The highest BCUT2D eigenvalue weighted by atomic mass is 14.4. The first-order valence-electron chi connectivity index (χ1n) is 9.76. The van der Waals surface area contributed by atoms with E-state index in [1.807, 2.05) is 0 Å². The van der Waals surface area contributed by atoms with Crippen LogP contribution >= 0.6 is 0 Å². The van der Waals surface area contributed by atoms with E-state index in [1.54, 1.807) is 0 Å². The van der Waals surface area contributed by atoms with E-state index in [-0.39, 0.29) is 5.41 Å². The normalized spacial score (nSPS) is 13.0. The molecular formula is C24H34. The van der Waals surface area contributed by atoms with Crippen molar-refractivity contribution >= 4 is 0 Å². The van der Waals surface area contributed by atoms with Gasteiger partial charge in [0.2, 0.25) is 0 Å². The molecule has 0 aliphatic carbocycles. The number of hydrogen-bond acceptors (Lipinski definition) is 0. The van der Waals surface area contributed by atoms with Crippen molar-refractivity contribution in [3.05, 3.63) is 71.8 Å². The molecule has 0 radical (unpaired) electrons. The van der Waals surface area contributed by atoms with Gasteiger partial charge < -0.3 is 0 Å². The average molecular weight is 323 g/mol. The molecule has 0 aliphatic heterocycles. The van der Waals surface area contributed by atoms with E-state index in [2.05, 4.69) is 81.4 Å². The molecule has 130 valence electrons. The molecule has 24 heavy (non-hydrogen) atoms. The van der Waals surface area contributed by atoms with Crippen molar-refractivity contribution in [3.63, 3.8) is 0 Å². The van der Waals surface area contributed by atoms with Crippen molar-refractivity contribution in [2.45, 2.75) is 77.0 Å². The smallest absolute Gasteiger partial charge is 0.00349 e. The van der Waals surface area contributed by atoms with Crippen LogP contribution in [0.1, 0.15) is 82.8 Å². The zero-order valence-electron chi connectivity index (χ0n) is 15.8. The van der Waals surface area contributed by atoms with E-state index in [0.717, 1.165) is 0 Å². The Kier molecular flexibility index (Phi) is 7.56. The zero-order chi connectivity index (χ0) is 17.3. The third-order valence-electron chi connectivity index (χ3n) is 5.44. The monoisotopic (exact) mass is 322 g/mol. The highest BCUT2D eigenvalue weighted by Gasteiger charge is 2.31. The summed E-state index contributed by atoms with van der Waals surface area (Å²) < 4.78 is 0. The molecule has 0 heteroatoms. The fourth-order valence-electron chi connectivity index (χ4n) is 3.83. The molecule has 2 aromatic rings. The quantitative estimate of drug-likeness (QED) is 0.397. The Hall–Kier alpha value is -1.56. The number of hydrogen-bond donors (Lipinski definition) is 0. The Morgan fingerprint density at radius 1 is 0.708 bits per heavy atom. The highest BCUT2D eigenvalue weighted by Crippen LogP contribution is 2.41. The fraction of sp³-hybridized carbons (Fsp3) is 0.500. The molecule has 1 atom stereocenters. The number of rotatable bonds is 10. The lowest BCUT2D eigenvalue weighted by Gasteiger charge is -2.36. The van der Waals surface area contributed by atoms with Gasteiger partial charge in [-0.25, -0.2) is 0 Å². The standard InChI is InChI=1S/C24H34/c1-4-5-6-7-8-15-20-23(21-16-11-9-12-17-21)24(2,3)22-18-13-10-14-19-22/h9-14,16-19,23H,4-8,15,20H2,1-3H3. The van der Waals surface area contributed by atoms with Crippen molar-refractivity contribution in [1.29, 1.82) is 0 Å². The Labute approximate surface area is 149 Å². The Bertz CT molecular complexity index is 553. The van der Waals surface area contributed by atoms with Gasteiger partial charge in [0.05, 0.1) is 0 Å². The highest BCUT2D eigenvalue weighted by molar-refractivity contribution is 5.32. The first kappa shape index (κ1) is 18.8. The summed E-state index contributed by atoms with van der Waals surface area (Å²) in [6.45, 7) is 7.11. The van der Waals surface area contributed by atoms with E-state index in [1.165, 1.54) is 56.1 Å². The van der Waals surface area contributed by atoms with Gasteiger partial charge in [-0.2, -0.15) is 0 Å². The van der Waals surface area contributed by atoms with E-state index in [4.69, 9.17) is 0 Å². The van der Waals surface area contributed by atoms with Crippen molar-refractivity contribution in [2.24, 2.45) is 0 Å². The van der Waals surface area contributed by atoms with Crippen LogP contribution in [0.5, 0.6) is 0 Å². The molecule has 0 spiro atoms. The Morgan fingerprint density at radius 3 is 1.88 bits per heavy atom. The second-order valence-corrected chi connectivity index (χ2v) is 7.61. The predicted molar refractivity (Wildman–Crippen MR) is 107 cm³/mol. The van der Waals surface area contributed by atoms with Crippen LogP contribution in [0.25, 0.3) is 0 Å². The zero-order valence-corrected chi connectivity index (χ0v) is 15.8. The van der Waals surface area contributed by atoms with Crippen LogP contribution in [-0.4, -0.2) is 0 Å². The minimum atomic E-state index is 0.159. The fourth-order valence-corrected chi connectivity index (χ4v) is 3.83. The maximum atomic E-state index is 2.41. The molecule has 1 unspecified atom stereocenters. The van der Waals surface area contributed by atoms with Gasteiger partial charge in [0, 0.05) is 0 Å². The van der Waals surface area contributed by atoms with Crippen LogP contribution in [0.4, 0.5) is 0 Å². The second kappa shape index (κ2) is 9.67. The molecule has 0 bridgehead atoms. The van der Waals surface area contributed by atoms with Crippen molar-refractivity contribution < 1.29 is 0 Å². The van der Waals surface area contributed by atoms with Gasteiger partial charge in [0.15, 0.2) is 0 Å². The number of benzene rings is 2. The molecule has 0 amide bonds. The van der Waals surface area contributed by atoms with Gasteiger partial charge in [-0.15, -0.1) is 0 Å². The minimum absolute atomic E-state index is 0.159. The molecule has 0 nitrogen and oxygen atoms in total. The van der Waals surface area contributed by atoms with Crippen molar-refractivity contribution in [2.75, 3.05) is 0 Å². The summed E-state index contributed by atoms with van der Waals surface area (Å²) in [7, 11) is 0. The predicted octanol–water partition coefficient (Wildman–Crippen LogP) is 7.50. The summed E-state index contributed by atoms with van der Waals surface area (Å²) in [5, 5.41) is 0. The average Bonchev–Trinajstić information content (AvgIpc) is 2.62. The lowest BCUT2D eigenvalue weighted by molar-refractivity contribution is 0.375. The maximum Gasteiger partial charge on any atom is -0.00349 e. The van der Waals surface area contributed by atoms with Gasteiger partial charge in [0.1, 0.15) is 0 Å². The lowest BCUT2D eigenvalue weighted by Crippen LogP contribution is -2.27. The van der Waals surface area contributed by atoms with Crippen molar-refractivity contribution in [3.8, 4) is 0 Å². The largest absolute Gasteiger partial charge is 0.0654 e. The summed E-state index contributed by atoms with van der Waals surface area (Å²) in [5.41, 5.74) is 3.09. The van der Waals surface area contributed by atoms with Crippen LogP contribution < -0.4 is 0 Å². The third kappa shape index (κ3) is 5.23. The molecular weight excluding hydrogens is 288 g/mol. The van der Waals surface area contributed by atoms with E-state index in [0.29, 0.717) is 5.92 Å². The first-order valence-corrected chi connectivity index (χ1v) is 9.76. The minimum Gasteiger partial charge on any atom is -0.0654 e. The van der Waals surface area contributed by atoms with Gasteiger partial charge >= 0.3 is 0 Å². The Morgan fingerprint density at radius 2 is 1.25 bits per heavy atom. The van der Waals surface area contributed by atoms with Crippen LogP contribution in [-0.2, 0) is 5.41 Å².